The maximum atomic E-state index is 14.1. The number of aryl methyl sites for hydroxylation is 1. The van der Waals surface area contributed by atoms with E-state index in [4.69, 9.17) is 4.74 Å². The number of benzene rings is 1. The van der Waals surface area contributed by atoms with E-state index in [2.05, 4.69) is 15.5 Å². The zero-order chi connectivity index (χ0) is 16.1. The van der Waals surface area contributed by atoms with E-state index in [0.717, 1.165) is 23.7 Å². The highest BCUT2D eigenvalue weighted by Gasteiger charge is 2.16. The Hall–Kier alpha value is -1.79. The van der Waals surface area contributed by atoms with Gasteiger partial charge in [0.2, 0.25) is 5.13 Å². The highest BCUT2D eigenvalue weighted by atomic mass is 32.1. The smallest absolute Gasteiger partial charge is 0.203 e. The molecular weight excluding hydrogens is 313 g/mol. The molecule has 4 nitrogen and oxygen atoms in total. The van der Waals surface area contributed by atoms with Crippen molar-refractivity contribution in [1.82, 2.24) is 4.98 Å². The van der Waals surface area contributed by atoms with Gasteiger partial charge >= 0.3 is 0 Å². The lowest BCUT2D eigenvalue weighted by Crippen LogP contribution is -2.08. The molecule has 1 aromatic heterocycles. The molecule has 0 atom stereocenters. The molecule has 122 valence electrons. The Morgan fingerprint density at radius 1 is 1.43 bits per heavy atom. The van der Waals surface area contributed by atoms with Crippen LogP contribution >= 0.6 is 11.3 Å². The Bertz CT molecular complexity index is 680. The van der Waals surface area contributed by atoms with E-state index in [-0.39, 0.29) is 5.82 Å². The molecule has 1 aliphatic rings. The molecule has 0 saturated heterocycles. The first kappa shape index (κ1) is 16.1. The molecule has 0 bridgehead atoms. The second-order valence-electron chi connectivity index (χ2n) is 5.73. The fourth-order valence-corrected chi connectivity index (χ4v) is 3.23. The predicted molar refractivity (Wildman–Crippen MR) is 91.5 cm³/mol. The second-order valence-corrected chi connectivity index (χ2v) is 6.59. The van der Waals surface area contributed by atoms with E-state index < -0.39 is 0 Å². The van der Waals surface area contributed by atoms with Crippen molar-refractivity contribution in [2.75, 3.05) is 5.43 Å². The molecule has 2 aromatic rings. The van der Waals surface area contributed by atoms with Gasteiger partial charge in [-0.05, 0) is 31.4 Å². The van der Waals surface area contributed by atoms with Crippen molar-refractivity contribution >= 4 is 22.7 Å². The lowest BCUT2D eigenvalue weighted by molar-refractivity contribution is 0.0441. The molecule has 3 rings (SSSR count). The summed E-state index contributed by atoms with van der Waals surface area (Å²) >= 11 is 1.48. The minimum absolute atomic E-state index is 0.253. The molecular formula is C17H20FN3OS. The van der Waals surface area contributed by atoms with E-state index in [0.29, 0.717) is 23.8 Å². The number of ether oxygens (including phenoxy) is 1. The van der Waals surface area contributed by atoms with Crippen LogP contribution in [-0.2, 0) is 11.3 Å². The van der Waals surface area contributed by atoms with Crippen molar-refractivity contribution in [3.63, 3.8) is 0 Å². The predicted octanol–water partition coefficient (Wildman–Crippen LogP) is 4.50. The van der Waals surface area contributed by atoms with Crippen LogP contribution in [0.15, 0.2) is 28.7 Å². The highest BCUT2D eigenvalue weighted by molar-refractivity contribution is 7.13. The Kier molecular flexibility index (Phi) is 5.35. The number of nitrogens with zero attached hydrogens (tertiary/aromatic N) is 2. The van der Waals surface area contributed by atoms with Crippen LogP contribution in [0.3, 0.4) is 0 Å². The summed E-state index contributed by atoms with van der Waals surface area (Å²) in [6.07, 6.45) is 6.49. The average molecular weight is 333 g/mol. The number of hydrazone groups is 1. The van der Waals surface area contributed by atoms with Gasteiger partial charge in [0.1, 0.15) is 5.82 Å². The fourth-order valence-electron chi connectivity index (χ4n) is 2.59. The van der Waals surface area contributed by atoms with Crippen LogP contribution in [0.5, 0.6) is 0 Å². The molecule has 1 heterocycles. The first-order chi connectivity index (χ1) is 11.2. The number of aromatic nitrogens is 1. The second kappa shape index (κ2) is 7.66. The van der Waals surface area contributed by atoms with Gasteiger partial charge in [-0.1, -0.05) is 25.0 Å². The van der Waals surface area contributed by atoms with Gasteiger partial charge in [-0.25, -0.2) is 9.37 Å². The van der Waals surface area contributed by atoms with Crippen molar-refractivity contribution in [2.24, 2.45) is 5.10 Å². The molecule has 1 saturated carbocycles. The van der Waals surface area contributed by atoms with Gasteiger partial charge in [-0.15, -0.1) is 11.3 Å². The van der Waals surface area contributed by atoms with E-state index in [9.17, 15) is 4.39 Å². The lowest BCUT2D eigenvalue weighted by atomic mass is 10.1. The average Bonchev–Trinajstić information content (AvgIpc) is 3.18. The van der Waals surface area contributed by atoms with Gasteiger partial charge in [0.25, 0.3) is 0 Å². The van der Waals surface area contributed by atoms with Gasteiger partial charge in [0.15, 0.2) is 0 Å². The highest BCUT2D eigenvalue weighted by Crippen LogP contribution is 2.22. The van der Waals surface area contributed by atoms with Crippen molar-refractivity contribution in [3.8, 4) is 0 Å². The summed E-state index contributed by atoms with van der Waals surface area (Å²) in [7, 11) is 0. The molecule has 23 heavy (non-hydrogen) atoms. The zero-order valence-corrected chi connectivity index (χ0v) is 13.9. The molecule has 1 aliphatic carbocycles. The first-order valence-corrected chi connectivity index (χ1v) is 8.70. The van der Waals surface area contributed by atoms with Crippen LogP contribution in [0, 0.1) is 12.7 Å². The summed E-state index contributed by atoms with van der Waals surface area (Å²) < 4.78 is 19.9. The van der Waals surface area contributed by atoms with Crippen molar-refractivity contribution in [2.45, 2.75) is 45.3 Å². The quantitative estimate of drug-likeness (QED) is 0.625. The van der Waals surface area contributed by atoms with Gasteiger partial charge in [-0.2, -0.15) is 5.10 Å². The lowest BCUT2D eigenvalue weighted by Gasteiger charge is -2.11. The zero-order valence-electron chi connectivity index (χ0n) is 13.1. The van der Waals surface area contributed by atoms with Crippen LogP contribution in [0.2, 0.25) is 0 Å². The van der Waals surface area contributed by atoms with E-state index in [1.807, 2.05) is 18.4 Å². The summed E-state index contributed by atoms with van der Waals surface area (Å²) in [4.78, 5) is 4.24. The minimum atomic E-state index is -0.253. The van der Waals surface area contributed by atoms with E-state index in [1.165, 1.54) is 30.2 Å². The molecule has 0 radical (unpaired) electrons. The summed E-state index contributed by atoms with van der Waals surface area (Å²) in [5, 5.41) is 6.74. The van der Waals surface area contributed by atoms with E-state index in [1.54, 1.807) is 12.3 Å². The summed E-state index contributed by atoms with van der Waals surface area (Å²) in [5.74, 6) is -0.253. The summed E-state index contributed by atoms with van der Waals surface area (Å²) in [6, 6.07) is 5.08. The van der Waals surface area contributed by atoms with Crippen molar-refractivity contribution in [3.05, 3.63) is 46.2 Å². The number of halogens is 1. The molecule has 0 unspecified atom stereocenters. The van der Waals surface area contributed by atoms with E-state index >= 15 is 0 Å². The van der Waals surface area contributed by atoms with Crippen molar-refractivity contribution in [1.29, 1.82) is 0 Å². The van der Waals surface area contributed by atoms with Crippen LogP contribution in [0.25, 0.3) is 0 Å². The first-order valence-electron chi connectivity index (χ1n) is 7.82. The number of hydrogen-bond donors (Lipinski definition) is 1. The topological polar surface area (TPSA) is 46.5 Å². The largest absolute Gasteiger partial charge is 0.373 e. The standard InChI is InChI=1S/C17H20FN3OS/c1-12-11-23-17(20-12)21-19-9-13-6-7-14(16(18)8-13)10-22-15-4-2-3-5-15/h6-9,11,15H,2-5,10H2,1H3,(H,20,21). The van der Waals surface area contributed by atoms with Crippen LogP contribution in [0.1, 0.15) is 42.5 Å². The molecule has 0 spiro atoms. The Morgan fingerprint density at radius 3 is 2.96 bits per heavy atom. The number of hydrogen-bond acceptors (Lipinski definition) is 5. The normalized spacial score (nSPS) is 15.6. The molecule has 1 fully saturated rings. The van der Waals surface area contributed by atoms with Gasteiger partial charge in [-0.3, -0.25) is 5.43 Å². The SMILES string of the molecule is Cc1csc(NN=Cc2ccc(COC3CCCC3)c(F)c2)n1. The molecule has 1 aromatic carbocycles. The number of rotatable bonds is 6. The van der Waals surface area contributed by atoms with Gasteiger partial charge in [0.05, 0.1) is 24.6 Å². The number of thiazole rings is 1. The minimum Gasteiger partial charge on any atom is -0.373 e. The molecule has 1 N–H and O–H groups in total. The Balaban J connectivity index is 1.55. The molecule has 0 aliphatic heterocycles. The maximum Gasteiger partial charge on any atom is 0.203 e. The third-order valence-electron chi connectivity index (χ3n) is 3.85. The maximum absolute atomic E-state index is 14.1. The summed E-state index contributed by atoms with van der Waals surface area (Å²) in [6.45, 7) is 2.26. The molecule has 0 amide bonds. The van der Waals surface area contributed by atoms with Crippen LogP contribution in [0.4, 0.5) is 9.52 Å². The fraction of sp³-hybridized carbons (Fsp3) is 0.412. The number of nitrogens with one attached hydrogen (secondary N) is 1. The van der Waals surface area contributed by atoms with Crippen LogP contribution in [-0.4, -0.2) is 17.3 Å². The Labute approximate surface area is 139 Å². The number of anilines is 1. The summed E-state index contributed by atoms with van der Waals surface area (Å²) in [5.41, 5.74) is 5.09. The molecule has 6 heteroatoms. The Morgan fingerprint density at radius 2 is 2.26 bits per heavy atom. The van der Waals surface area contributed by atoms with Gasteiger partial charge < -0.3 is 4.74 Å². The third-order valence-corrected chi connectivity index (χ3v) is 4.71. The van der Waals surface area contributed by atoms with Crippen LogP contribution < -0.4 is 5.43 Å². The monoisotopic (exact) mass is 333 g/mol. The third kappa shape index (κ3) is 4.59. The van der Waals surface area contributed by atoms with Crippen molar-refractivity contribution < 1.29 is 9.13 Å². The van der Waals surface area contributed by atoms with Gasteiger partial charge in [0, 0.05) is 10.9 Å².